The smallest absolute Gasteiger partial charge is 0.0291 e. The van der Waals surface area contributed by atoms with Gasteiger partial charge in [-0.1, -0.05) is 33.6 Å². The van der Waals surface area contributed by atoms with E-state index in [1.165, 1.54) is 11.1 Å². The number of hydrogen-bond acceptors (Lipinski definition) is 1. The summed E-state index contributed by atoms with van der Waals surface area (Å²) in [6.07, 6.45) is 1.04. The zero-order valence-corrected chi connectivity index (χ0v) is 11.0. The third-order valence-corrected chi connectivity index (χ3v) is 2.90. The number of nitrogens with one attached hydrogen (secondary N) is 1. The molecule has 2 heteroatoms. The van der Waals surface area contributed by atoms with Crippen molar-refractivity contribution in [3.05, 3.63) is 46.5 Å². The highest BCUT2D eigenvalue weighted by molar-refractivity contribution is 9.10. The minimum Gasteiger partial charge on any atom is -0.310 e. The van der Waals surface area contributed by atoms with Crippen molar-refractivity contribution in [3.8, 4) is 0 Å². The van der Waals surface area contributed by atoms with Gasteiger partial charge in [0.1, 0.15) is 0 Å². The molecule has 0 saturated heterocycles. The molecule has 0 amide bonds. The SMILES string of the molecule is C=C(C)CCN[C@@H](C)c1ccc(Br)cc1. The van der Waals surface area contributed by atoms with Crippen molar-refractivity contribution in [2.75, 3.05) is 6.54 Å². The molecule has 0 radical (unpaired) electrons. The average Bonchev–Trinajstić information content (AvgIpc) is 2.18. The normalized spacial score (nSPS) is 12.5. The van der Waals surface area contributed by atoms with Crippen LogP contribution in [0.2, 0.25) is 0 Å². The lowest BCUT2D eigenvalue weighted by atomic mass is 10.1. The van der Waals surface area contributed by atoms with Gasteiger partial charge in [-0.2, -0.15) is 0 Å². The predicted molar refractivity (Wildman–Crippen MR) is 70.0 cm³/mol. The molecule has 0 unspecified atom stereocenters. The summed E-state index contributed by atoms with van der Waals surface area (Å²) >= 11 is 3.43. The first-order valence-electron chi connectivity index (χ1n) is 5.23. The van der Waals surface area contributed by atoms with E-state index in [-0.39, 0.29) is 0 Å². The fourth-order valence-corrected chi connectivity index (χ4v) is 1.64. The van der Waals surface area contributed by atoms with E-state index in [2.05, 4.69) is 65.9 Å². The second kappa shape index (κ2) is 6.09. The first-order chi connectivity index (χ1) is 7.09. The summed E-state index contributed by atoms with van der Waals surface area (Å²) in [7, 11) is 0. The molecule has 1 rings (SSSR count). The molecule has 1 atom stereocenters. The zero-order valence-electron chi connectivity index (χ0n) is 9.39. The Morgan fingerprint density at radius 3 is 2.53 bits per heavy atom. The highest BCUT2D eigenvalue weighted by Crippen LogP contribution is 2.16. The van der Waals surface area contributed by atoms with Gasteiger partial charge < -0.3 is 5.32 Å². The molecule has 0 aliphatic rings. The van der Waals surface area contributed by atoms with Crippen LogP contribution < -0.4 is 5.32 Å². The summed E-state index contributed by atoms with van der Waals surface area (Å²) in [5, 5.41) is 3.47. The zero-order chi connectivity index (χ0) is 11.3. The molecule has 0 aliphatic heterocycles. The molecule has 0 aliphatic carbocycles. The Morgan fingerprint density at radius 2 is 2.00 bits per heavy atom. The first kappa shape index (κ1) is 12.5. The van der Waals surface area contributed by atoms with Crippen molar-refractivity contribution in [2.45, 2.75) is 26.3 Å². The van der Waals surface area contributed by atoms with Crippen LogP contribution in [0.5, 0.6) is 0 Å². The lowest BCUT2D eigenvalue weighted by Gasteiger charge is -2.14. The van der Waals surface area contributed by atoms with Gasteiger partial charge in [0.05, 0.1) is 0 Å². The van der Waals surface area contributed by atoms with E-state index < -0.39 is 0 Å². The molecule has 82 valence electrons. The van der Waals surface area contributed by atoms with Gasteiger partial charge in [-0.05, 0) is 44.5 Å². The van der Waals surface area contributed by atoms with Crippen LogP contribution >= 0.6 is 15.9 Å². The summed E-state index contributed by atoms with van der Waals surface area (Å²) in [6.45, 7) is 9.13. The van der Waals surface area contributed by atoms with Gasteiger partial charge in [-0.25, -0.2) is 0 Å². The lowest BCUT2D eigenvalue weighted by molar-refractivity contribution is 0.576. The summed E-state index contributed by atoms with van der Waals surface area (Å²) < 4.78 is 1.13. The van der Waals surface area contributed by atoms with E-state index in [1.54, 1.807) is 0 Å². The van der Waals surface area contributed by atoms with Gasteiger partial charge in [-0.3, -0.25) is 0 Å². The Balaban J connectivity index is 2.43. The molecule has 1 aromatic carbocycles. The fourth-order valence-electron chi connectivity index (χ4n) is 1.37. The molecule has 0 bridgehead atoms. The Bertz CT molecular complexity index is 316. The van der Waals surface area contributed by atoms with E-state index in [0.29, 0.717) is 6.04 Å². The molecule has 0 aromatic heterocycles. The molecule has 0 spiro atoms. The van der Waals surface area contributed by atoms with E-state index in [4.69, 9.17) is 0 Å². The molecule has 0 saturated carbocycles. The largest absolute Gasteiger partial charge is 0.310 e. The van der Waals surface area contributed by atoms with Crippen LogP contribution in [0.25, 0.3) is 0 Å². The fraction of sp³-hybridized carbons (Fsp3) is 0.385. The van der Waals surface area contributed by atoms with Gasteiger partial charge in [-0.15, -0.1) is 6.58 Å². The molecule has 1 aromatic rings. The van der Waals surface area contributed by atoms with Crippen molar-refractivity contribution in [1.82, 2.24) is 5.32 Å². The van der Waals surface area contributed by atoms with Crippen LogP contribution in [0.4, 0.5) is 0 Å². The third-order valence-electron chi connectivity index (χ3n) is 2.37. The molecule has 1 nitrogen and oxygen atoms in total. The minimum atomic E-state index is 0.400. The molecular weight excluding hydrogens is 250 g/mol. The lowest BCUT2D eigenvalue weighted by Crippen LogP contribution is -2.19. The summed E-state index contributed by atoms with van der Waals surface area (Å²) in [6, 6.07) is 8.83. The Morgan fingerprint density at radius 1 is 1.40 bits per heavy atom. The summed E-state index contributed by atoms with van der Waals surface area (Å²) in [5.74, 6) is 0. The quantitative estimate of drug-likeness (QED) is 0.794. The van der Waals surface area contributed by atoms with Gasteiger partial charge in [0.2, 0.25) is 0 Å². The van der Waals surface area contributed by atoms with E-state index in [9.17, 15) is 0 Å². The number of halogens is 1. The second-order valence-corrected chi connectivity index (χ2v) is 4.85. The number of rotatable bonds is 5. The number of hydrogen-bond donors (Lipinski definition) is 1. The second-order valence-electron chi connectivity index (χ2n) is 3.93. The van der Waals surface area contributed by atoms with Crippen LogP contribution in [-0.4, -0.2) is 6.54 Å². The maximum atomic E-state index is 3.89. The number of benzene rings is 1. The van der Waals surface area contributed by atoms with E-state index in [1.807, 2.05) is 0 Å². The minimum absolute atomic E-state index is 0.400. The maximum absolute atomic E-state index is 3.89. The van der Waals surface area contributed by atoms with Crippen LogP contribution in [0.1, 0.15) is 31.9 Å². The van der Waals surface area contributed by atoms with Gasteiger partial charge in [0.25, 0.3) is 0 Å². The average molecular weight is 268 g/mol. The molecule has 0 fully saturated rings. The van der Waals surface area contributed by atoms with Crippen molar-refractivity contribution in [3.63, 3.8) is 0 Å². The van der Waals surface area contributed by atoms with Crippen LogP contribution in [-0.2, 0) is 0 Å². The van der Waals surface area contributed by atoms with Crippen molar-refractivity contribution in [2.24, 2.45) is 0 Å². The Kier molecular flexibility index (Phi) is 5.06. The van der Waals surface area contributed by atoms with Gasteiger partial charge in [0.15, 0.2) is 0 Å². The van der Waals surface area contributed by atoms with Crippen molar-refractivity contribution >= 4 is 15.9 Å². The molecule has 0 heterocycles. The Labute approximate surface area is 101 Å². The summed E-state index contributed by atoms with van der Waals surface area (Å²) in [5.41, 5.74) is 2.55. The van der Waals surface area contributed by atoms with Gasteiger partial charge in [0, 0.05) is 10.5 Å². The first-order valence-corrected chi connectivity index (χ1v) is 6.02. The van der Waals surface area contributed by atoms with Crippen LogP contribution in [0.15, 0.2) is 40.9 Å². The monoisotopic (exact) mass is 267 g/mol. The Hall–Kier alpha value is -0.600. The van der Waals surface area contributed by atoms with E-state index in [0.717, 1.165) is 17.4 Å². The molecule has 1 N–H and O–H groups in total. The third kappa shape index (κ3) is 4.63. The van der Waals surface area contributed by atoms with Gasteiger partial charge >= 0.3 is 0 Å². The maximum Gasteiger partial charge on any atom is 0.0291 e. The molecular formula is C13H18BrN. The van der Waals surface area contributed by atoms with Crippen LogP contribution in [0.3, 0.4) is 0 Å². The highest BCUT2D eigenvalue weighted by Gasteiger charge is 2.03. The highest BCUT2D eigenvalue weighted by atomic mass is 79.9. The van der Waals surface area contributed by atoms with Crippen molar-refractivity contribution in [1.29, 1.82) is 0 Å². The molecule has 15 heavy (non-hydrogen) atoms. The predicted octanol–water partition coefficient (Wildman–Crippen LogP) is 4.07. The van der Waals surface area contributed by atoms with Crippen molar-refractivity contribution < 1.29 is 0 Å². The standard InChI is InChI=1S/C13H18BrN/c1-10(2)8-9-15-11(3)12-4-6-13(14)7-5-12/h4-7,11,15H,1,8-9H2,2-3H3/t11-/m0/s1. The van der Waals surface area contributed by atoms with Crippen LogP contribution in [0, 0.1) is 0 Å². The topological polar surface area (TPSA) is 12.0 Å². The summed E-state index contributed by atoms with van der Waals surface area (Å²) in [4.78, 5) is 0. The van der Waals surface area contributed by atoms with E-state index >= 15 is 0 Å².